The van der Waals surface area contributed by atoms with E-state index in [1.807, 2.05) is 0 Å². The van der Waals surface area contributed by atoms with Crippen LogP contribution in [-0.4, -0.2) is 76.3 Å². The number of sulfone groups is 2. The molecule has 0 saturated heterocycles. The van der Waals surface area contributed by atoms with Gasteiger partial charge in [0, 0.05) is 5.56 Å². The Morgan fingerprint density at radius 1 is 0.824 bits per heavy atom. The van der Waals surface area contributed by atoms with Gasteiger partial charge in [-0.1, -0.05) is 18.2 Å². The standard InChI is InChI=1S/C16H16F6N2O8S2/c1-32-14(27)11(8-34(30,31)16(20,21)22)24-13(26)10(7-33(28,29)15(17,18)19)23-12(25)9-5-3-2-4-6-9/h2-6,10-11H,7-8H2,1H3,(H,23,25)(H,24,26)/t10-,11-/m0/s1. The topological polar surface area (TPSA) is 153 Å². The van der Waals surface area contributed by atoms with Crippen LogP contribution in [0.5, 0.6) is 0 Å². The van der Waals surface area contributed by atoms with E-state index in [1.165, 1.54) is 23.5 Å². The summed E-state index contributed by atoms with van der Waals surface area (Å²) in [4.78, 5) is 36.4. The van der Waals surface area contributed by atoms with Gasteiger partial charge in [0.25, 0.3) is 5.91 Å². The zero-order valence-corrected chi connectivity index (χ0v) is 18.4. The molecular weight excluding hydrogens is 526 g/mol. The van der Waals surface area contributed by atoms with Gasteiger partial charge in [0.05, 0.1) is 18.6 Å². The number of rotatable bonds is 9. The number of ether oxygens (including phenoxy) is 1. The van der Waals surface area contributed by atoms with Gasteiger partial charge in [-0.05, 0) is 12.1 Å². The highest BCUT2D eigenvalue weighted by Crippen LogP contribution is 2.26. The van der Waals surface area contributed by atoms with E-state index in [0.717, 1.165) is 12.1 Å². The zero-order valence-electron chi connectivity index (χ0n) is 16.8. The van der Waals surface area contributed by atoms with Gasteiger partial charge < -0.3 is 15.4 Å². The molecular formula is C16H16F6N2O8S2. The summed E-state index contributed by atoms with van der Waals surface area (Å²) in [5.74, 6) is -9.12. The molecule has 0 saturated carbocycles. The predicted molar refractivity (Wildman–Crippen MR) is 101 cm³/mol. The van der Waals surface area contributed by atoms with Crippen molar-refractivity contribution in [3.8, 4) is 0 Å². The molecule has 0 aliphatic heterocycles. The number of amides is 2. The van der Waals surface area contributed by atoms with Crippen molar-refractivity contribution in [1.82, 2.24) is 10.6 Å². The van der Waals surface area contributed by atoms with Gasteiger partial charge in [-0.3, -0.25) is 9.59 Å². The van der Waals surface area contributed by atoms with E-state index in [2.05, 4.69) is 4.74 Å². The molecule has 0 bridgehead atoms. The predicted octanol–water partition coefficient (Wildman–Crippen LogP) is 0.312. The quantitative estimate of drug-likeness (QED) is 0.334. The molecule has 10 nitrogen and oxygen atoms in total. The van der Waals surface area contributed by atoms with Crippen LogP contribution in [-0.2, 0) is 34.0 Å². The van der Waals surface area contributed by atoms with E-state index in [9.17, 15) is 57.6 Å². The average Bonchev–Trinajstić information content (AvgIpc) is 2.70. The Morgan fingerprint density at radius 3 is 1.68 bits per heavy atom. The Labute approximate surface area is 188 Å². The van der Waals surface area contributed by atoms with E-state index >= 15 is 0 Å². The Balaban J connectivity index is 3.30. The highest BCUT2D eigenvalue weighted by atomic mass is 32.2. The lowest BCUT2D eigenvalue weighted by Crippen LogP contribution is -2.57. The third-order valence-electron chi connectivity index (χ3n) is 3.94. The zero-order chi connectivity index (χ0) is 26.5. The molecule has 34 heavy (non-hydrogen) atoms. The van der Waals surface area contributed by atoms with Crippen molar-refractivity contribution in [2.45, 2.75) is 23.1 Å². The maximum Gasteiger partial charge on any atom is 0.497 e. The monoisotopic (exact) mass is 542 g/mol. The molecule has 1 rings (SSSR count). The number of esters is 1. The summed E-state index contributed by atoms with van der Waals surface area (Å²) < 4.78 is 126. The molecule has 2 amide bonds. The van der Waals surface area contributed by atoms with Crippen LogP contribution in [0.3, 0.4) is 0 Å². The minimum absolute atomic E-state index is 0.242. The lowest BCUT2D eigenvalue weighted by atomic mass is 10.2. The Bertz CT molecular complexity index is 1120. The van der Waals surface area contributed by atoms with Gasteiger partial charge >= 0.3 is 17.0 Å². The SMILES string of the molecule is COC(=O)[C@H](CS(=O)(=O)C(F)(F)F)NC(=O)[C@H](CS(=O)(=O)C(F)(F)F)NC(=O)c1ccccc1. The van der Waals surface area contributed by atoms with Gasteiger partial charge in [0.1, 0.15) is 12.1 Å². The second kappa shape index (κ2) is 10.6. The maximum atomic E-state index is 12.8. The van der Waals surface area contributed by atoms with E-state index in [-0.39, 0.29) is 5.56 Å². The minimum atomic E-state index is -6.08. The smallest absolute Gasteiger partial charge is 0.467 e. The molecule has 0 aromatic heterocycles. The number of carbonyl (C=O) groups excluding carboxylic acids is 3. The molecule has 0 aliphatic carbocycles. The van der Waals surface area contributed by atoms with Crippen molar-refractivity contribution >= 4 is 37.5 Å². The highest BCUT2D eigenvalue weighted by Gasteiger charge is 2.50. The first-order valence-corrected chi connectivity index (χ1v) is 11.9. The fourth-order valence-electron chi connectivity index (χ4n) is 2.23. The summed E-state index contributed by atoms with van der Waals surface area (Å²) in [6, 6.07) is 1.13. The van der Waals surface area contributed by atoms with Gasteiger partial charge in [-0.15, -0.1) is 0 Å². The molecule has 1 aromatic rings. The van der Waals surface area contributed by atoms with E-state index < -0.39 is 72.1 Å². The van der Waals surface area contributed by atoms with Gasteiger partial charge in [-0.2, -0.15) is 26.3 Å². The van der Waals surface area contributed by atoms with Crippen LogP contribution in [0, 0.1) is 0 Å². The van der Waals surface area contributed by atoms with Crippen LogP contribution in [0.2, 0.25) is 0 Å². The Morgan fingerprint density at radius 2 is 1.26 bits per heavy atom. The van der Waals surface area contributed by atoms with Crippen LogP contribution in [0.4, 0.5) is 26.3 Å². The molecule has 0 heterocycles. The number of hydrogen-bond acceptors (Lipinski definition) is 8. The van der Waals surface area contributed by atoms with Crippen molar-refractivity contribution in [1.29, 1.82) is 0 Å². The van der Waals surface area contributed by atoms with Crippen LogP contribution < -0.4 is 10.6 Å². The average molecular weight is 542 g/mol. The third-order valence-corrected chi connectivity index (χ3v) is 6.89. The summed E-state index contributed by atoms with van der Waals surface area (Å²) in [5, 5.41) is 3.05. The van der Waals surface area contributed by atoms with E-state index in [4.69, 9.17) is 0 Å². The number of hydrogen-bond donors (Lipinski definition) is 2. The summed E-state index contributed by atoms with van der Waals surface area (Å²) in [6.45, 7) is 0. The Hall–Kier alpha value is -2.89. The number of methoxy groups -OCH3 is 1. The fraction of sp³-hybridized carbons (Fsp3) is 0.438. The first-order chi connectivity index (χ1) is 15.3. The highest BCUT2D eigenvalue weighted by molar-refractivity contribution is 7.92. The third kappa shape index (κ3) is 7.57. The lowest BCUT2D eigenvalue weighted by molar-refractivity contribution is -0.144. The van der Waals surface area contributed by atoms with Crippen molar-refractivity contribution in [2.75, 3.05) is 18.6 Å². The molecule has 192 valence electrons. The molecule has 0 fully saturated rings. The van der Waals surface area contributed by atoms with Crippen LogP contribution in [0.15, 0.2) is 30.3 Å². The summed E-state index contributed by atoms with van der Waals surface area (Å²) in [6.07, 6.45) is 0. The molecule has 0 radical (unpaired) electrons. The van der Waals surface area contributed by atoms with Crippen molar-refractivity contribution in [2.24, 2.45) is 0 Å². The summed E-state index contributed by atoms with van der Waals surface area (Å²) >= 11 is 0. The number of halogens is 6. The minimum Gasteiger partial charge on any atom is -0.467 e. The number of nitrogens with one attached hydrogen (secondary N) is 2. The summed E-state index contributed by atoms with van der Waals surface area (Å²) in [7, 11) is -11.5. The number of carbonyl (C=O) groups is 3. The van der Waals surface area contributed by atoms with Crippen molar-refractivity contribution in [3.63, 3.8) is 0 Å². The first-order valence-electron chi connectivity index (χ1n) is 8.64. The molecule has 2 atom stereocenters. The largest absolute Gasteiger partial charge is 0.497 e. The summed E-state index contributed by atoms with van der Waals surface area (Å²) in [5.41, 5.74) is -12.0. The number of benzene rings is 1. The van der Waals surface area contributed by atoms with E-state index in [0.29, 0.717) is 7.11 Å². The van der Waals surface area contributed by atoms with Crippen molar-refractivity contribution < 1.29 is 62.3 Å². The van der Waals surface area contributed by atoms with Gasteiger partial charge in [0.15, 0.2) is 0 Å². The molecule has 1 aromatic carbocycles. The molecule has 0 unspecified atom stereocenters. The lowest BCUT2D eigenvalue weighted by Gasteiger charge is -2.23. The molecule has 0 aliphatic rings. The van der Waals surface area contributed by atoms with Crippen LogP contribution >= 0.6 is 0 Å². The van der Waals surface area contributed by atoms with Gasteiger partial charge in [-0.25, -0.2) is 21.6 Å². The van der Waals surface area contributed by atoms with Crippen LogP contribution in [0.1, 0.15) is 10.4 Å². The first kappa shape index (κ1) is 29.1. The Kier molecular flexibility index (Phi) is 9.07. The molecule has 2 N–H and O–H groups in total. The number of alkyl halides is 6. The molecule has 0 spiro atoms. The van der Waals surface area contributed by atoms with Crippen LogP contribution in [0.25, 0.3) is 0 Å². The second-order valence-electron chi connectivity index (χ2n) is 6.43. The van der Waals surface area contributed by atoms with Gasteiger partial charge in [0.2, 0.25) is 25.6 Å². The fourth-order valence-corrected chi connectivity index (χ4v) is 3.93. The normalized spacial score (nSPS) is 14.6. The maximum absolute atomic E-state index is 12.8. The molecule has 18 heteroatoms. The van der Waals surface area contributed by atoms with E-state index in [1.54, 1.807) is 5.32 Å². The van der Waals surface area contributed by atoms with Crippen molar-refractivity contribution in [3.05, 3.63) is 35.9 Å². The second-order valence-corrected chi connectivity index (χ2v) is 10.5.